The highest BCUT2D eigenvalue weighted by atomic mass is 35.5. The third-order valence-electron chi connectivity index (χ3n) is 2.00. The van der Waals surface area contributed by atoms with Gasteiger partial charge in [-0.2, -0.15) is 0 Å². The first-order valence-electron chi connectivity index (χ1n) is 3.99. The number of H-pyrrole nitrogens is 1. The van der Waals surface area contributed by atoms with E-state index >= 15 is 0 Å². The predicted octanol–water partition coefficient (Wildman–Crippen LogP) is 2.27. The van der Waals surface area contributed by atoms with Crippen molar-refractivity contribution in [2.24, 2.45) is 0 Å². The molecule has 4 heteroatoms. The Hall–Kier alpha value is -1.06. The van der Waals surface area contributed by atoms with E-state index in [1.54, 1.807) is 25.4 Å². The molecule has 0 aliphatic heterocycles. The van der Waals surface area contributed by atoms with Crippen molar-refractivity contribution in [2.45, 2.75) is 13.0 Å². The largest absolute Gasteiger partial charge is 0.389 e. The summed E-state index contributed by atoms with van der Waals surface area (Å²) in [6.45, 7) is 1.70. The first kappa shape index (κ1) is 8.53. The minimum absolute atomic E-state index is 0.532. The molecule has 68 valence electrons. The van der Waals surface area contributed by atoms with E-state index < -0.39 is 6.10 Å². The number of aliphatic hydroxyl groups is 1. The van der Waals surface area contributed by atoms with Gasteiger partial charge in [-0.3, -0.25) is 0 Å². The van der Waals surface area contributed by atoms with Crippen LogP contribution in [0.3, 0.4) is 0 Å². The lowest BCUT2D eigenvalue weighted by Gasteiger charge is -2.01. The summed E-state index contributed by atoms with van der Waals surface area (Å²) >= 11 is 5.98. The molecule has 2 N–H and O–H groups in total. The molecule has 0 radical (unpaired) electrons. The minimum atomic E-state index is -0.532. The van der Waals surface area contributed by atoms with Gasteiger partial charge in [0.25, 0.3) is 0 Å². The predicted molar refractivity (Wildman–Crippen MR) is 51.7 cm³/mol. The fraction of sp³-hybridized carbons (Fsp3) is 0.222. The van der Waals surface area contributed by atoms with Gasteiger partial charge in [-0.1, -0.05) is 11.6 Å². The maximum absolute atomic E-state index is 9.43. The second kappa shape index (κ2) is 3.01. The van der Waals surface area contributed by atoms with E-state index in [1.807, 2.05) is 0 Å². The zero-order chi connectivity index (χ0) is 9.42. The van der Waals surface area contributed by atoms with Crippen LogP contribution in [0.2, 0.25) is 5.02 Å². The van der Waals surface area contributed by atoms with Crippen LogP contribution in [-0.4, -0.2) is 15.1 Å². The van der Waals surface area contributed by atoms with Crippen molar-refractivity contribution in [3.8, 4) is 0 Å². The number of fused-ring (bicyclic) bond motifs is 1. The highest BCUT2D eigenvalue weighted by molar-refractivity contribution is 6.35. The van der Waals surface area contributed by atoms with Crippen molar-refractivity contribution in [3.05, 3.63) is 29.0 Å². The van der Waals surface area contributed by atoms with Gasteiger partial charge >= 0.3 is 0 Å². The van der Waals surface area contributed by atoms with E-state index in [4.69, 9.17) is 11.6 Å². The Balaban J connectivity index is 2.79. The molecule has 0 aromatic carbocycles. The normalized spacial score (nSPS) is 13.5. The number of rotatable bonds is 1. The lowest BCUT2D eigenvalue weighted by atomic mass is 10.1. The molecule has 0 saturated carbocycles. The Morgan fingerprint density at radius 3 is 3.08 bits per heavy atom. The summed E-state index contributed by atoms with van der Waals surface area (Å²) in [5.41, 5.74) is 1.50. The van der Waals surface area contributed by atoms with Crippen LogP contribution in [0.4, 0.5) is 0 Å². The van der Waals surface area contributed by atoms with Gasteiger partial charge in [0, 0.05) is 23.3 Å². The van der Waals surface area contributed by atoms with E-state index in [2.05, 4.69) is 9.97 Å². The number of halogens is 1. The molecule has 1 atom stereocenters. The molecule has 13 heavy (non-hydrogen) atoms. The van der Waals surface area contributed by atoms with Crippen molar-refractivity contribution >= 4 is 22.6 Å². The zero-order valence-corrected chi connectivity index (χ0v) is 7.84. The lowest BCUT2D eigenvalue weighted by molar-refractivity contribution is 0.201. The summed E-state index contributed by atoms with van der Waals surface area (Å²) in [6.07, 6.45) is 2.83. The molecule has 0 spiro atoms. The fourth-order valence-corrected chi connectivity index (χ4v) is 1.63. The van der Waals surface area contributed by atoms with Crippen LogP contribution in [-0.2, 0) is 0 Å². The van der Waals surface area contributed by atoms with Gasteiger partial charge in [-0.05, 0) is 13.0 Å². The average Bonchev–Trinajstić information content (AvgIpc) is 2.49. The van der Waals surface area contributed by atoms with Gasteiger partial charge in [0.15, 0.2) is 0 Å². The van der Waals surface area contributed by atoms with E-state index in [1.165, 1.54) is 0 Å². The Morgan fingerprint density at radius 1 is 1.62 bits per heavy atom. The minimum Gasteiger partial charge on any atom is -0.389 e. The number of aromatic amines is 1. The molecule has 3 nitrogen and oxygen atoms in total. The van der Waals surface area contributed by atoms with Crippen molar-refractivity contribution in [1.29, 1.82) is 0 Å². The second-order valence-corrected chi connectivity index (χ2v) is 3.34. The summed E-state index contributed by atoms with van der Waals surface area (Å²) in [7, 11) is 0. The van der Waals surface area contributed by atoms with Gasteiger partial charge in [0.05, 0.1) is 11.1 Å². The summed E-state index contributed by atoms with van der Waals surface area (Å²) in [5, 5.41) is 10.8. The molecule has 0 saturated heterocycles. The van der Waals surface area contributed by atoms with Gasteiger partial charge in [-0.15, -0.1) is 0 Å². The monoisotopic (exact) mass is 196 g/mol. The van der Waals surface area contributed by atoms with Crippen molar-refractivity contribution < 1.29 is 5.11 Å². The summed E-state index contributed by atoms with van der Waals surface area (Å²) in [5.74, 6) is 0. The van der Waals surface area contributed by atoms with Crippen LogP contribution in [0.5, 0.6) is 0 Å². The molecule has 0 fully saturated rings. The molecule has 2 aromatic heterocycles. The third kappa shape index (κ3) is 1.30. The molecule has 2 rings (SSSR count). The Bertz CT molecular complexity index is 436. The second-order valence-electron chi connectivity index (χ2n) is 2.94. The fourth-order valence-electron chi connectivity index (χ4n) is 1.37. The maximum Gasteiger partial charge on any atom is 0.139 e. The Labute approximate surface area is 80.4 Å². The van der Waals surface area contributed by atoms with Crippen LogP contribution >= 0.6 is 11.6 Å². The van der Waals surface area contributed by atoms with E-state index in [-0.39, 0.29) is 0 Å². The molecular weight excluding hydrogens is 188 g/mol. The van der Waals surface area contributed by atoms with Gasteiger partial charge < -0.3 is 10.1 Å². The SMILES string of the molecule is C[C@@H](O)c1c[nH]c2nccc(Cl)c12. The first-order valence-corrected chi connectivity index (χ1v) is 4.37. The summed E-state index contributed by atoms with van der Waals surface area (Å²) in [4.78, 5) is 7.05. The highest BCUT2D eigenvalue weighted by Crippen LogP contribution is 2.28. The topological polar surface area (TPSA) is 48.9 Å². The summed E-state index contributed by atoms with van der Waals surface area (Å²) in [6, 6.07) is 1.71. The molecule has 0 amide bonds. The van der Waals surface area contributed by atoms with Crippen LogP contribution < -0.4 is 0 Å². The quantitative estimate of drug-likeness (QED) is 0.735. The highest BCUT2D eigenvalue weighted by Gasteiger charge is 2.11. The van der Waals surface area contributed by atoms with Crippen molar-refractivity contribution in [3.63, 3.8) is 0 Å². The molecule has 0 bridgehead atoms. The zero-order valence-electron chi connectivity index (χ0n) is 7.08. The molecule has 2 heterocycles. The van der Waals surface area contributed by atoms with Crippen LogP contribution in [0.15, 0.2) is 18.5 Å². The number of aliphatic hydroxyl groups excluding tert-OH is 1. The number of nitrogens with one attached hydrogen (secondary N) is 1. The number of nitrogens with zero attached hydrogens (tertiary/aromatic N) is 1. The van der Waals surface area contributed by atoms with E-state index in [0.717, 1.165) is 10.9 Å². The average molecular weight is 197 g/mol. The smallest absolute Gasteiger partial charge is 0.139 e. The molecule has 0 aliphatic carbocycles. The molecule has 0 aliphatic rings. The molecule has 2 aromatic rings. The van der Waals surface area contributed by atoms with Crippen LogP contribution in [0.1, 0.15) is 18.6 Å². The standard InChI is InChI=1S/C9H9ClN2O/c1-5(13)6-4-12-9-8(6)7(10)2-3-11-9/h2-5,13H,1H3,(H,11,12)/t5-/m1/s1. The Morgan fingerprint density at radius 2 is 2.38 bits per heavy atom. The van der Waals surface area contributed by atoms with Crippen molar-refractivity contribution in [1.82, 2.24) is 9.97 Å². The number of hydrogen-bond donors (Lipinski definition) is 2. The van der Waals surface area contributed by atoms with Crippen LogP contribution in [0.25, 0.3) is 11.0 Å². The maximum atomic E-state index is 9.43. The Kier molecular flexibility index (Phi) is 1.98. The van der Waals surface area contributed by atoms with Crippen molar-refractivity contribution in [2.75, 3.05) is 0 Å². The number of hydrogen-bond acceptors (Lipinski definition) is 2. The summed E-state index contributed by atoms with van der Waals surface area (Å²) < 4.78 is 0. The van der Waals surface area contributed by atoms with Gasteiger partial charge in [-0.25, -0.2) is 4.98 Å². The number of pyridine rings is 1. The van der Waals surface area contributed by atoms with Gasteiger partial charge in [0.1, 0.15) is 5.65 Å². The molecular formula is C9H9ClN2O. The molecule has 0 unspecified atom stereocenters. The van der Waals surface area contributed by atoms with E-state index in [9.17, 15) is 5.11 Å². The van der Waals surface area contributed by atoms with Crippen LogP contribution in [0, 0.1) is 0 Å². The van der Waals surface area contributed by atoms with E-state index in [0.29, 0.717) is 10.7 Å². The third-order valence-corrected chi connectivity index (χ3v) is 2.32. The number of aromatic nitrogens is 2. The lowest BCUT2D eigenvalue weighted by Crippen LogP contribution is -1.88. The first-order chi connectivity index (χ1) is 6.20. The van der Waals surface area contributed by atoms with Gasteiger partial charge in [0.2, 0.25) is 0 Å².